The van der Waals surface area contributed by atoms with Crippen molar-refractivity contribution in [3.8, 4) is 17.0 Å². The van der Waals surface area contributed by atoms with Crippen LogP contribution in [-0.4, -0.2) is 47.9 Å². The van der Waals surface area contributed by atoms with E-state index in [0.29, 0.717) is 22.9 Å². The van der Waals surface area contributed by atoms with Crippen LogP contribution in [0.15, 0.2) is 69.2 Å². The number of aromatic nitrogens is 3. The minimum Gasteiger partial charge on any atom is -0.493 e. The summed E-state index contributed by atoms with van der Waals surface area (Å²) in [5, 5.41) is 11.4. The molecular weight excluding hydrogens is 575 g/mol. The molecule has 2 aromatic heterocycles. The molecule has 0 spiro atoms. The Bertz CT molecular complexity index is 1760. The SMILES string of the molecule is COC[C@@H](c1cc(F)cc(F)c1)n1c(COC(C)C)nc(=O)c(S(=O)(=O)c2ccc(-c3ccc(F)nc3C)cc2)c1O. The lowest BCUT2D eigenvalue weighted by molar-refractivity contribution is 0.0554. The molecule has 222 valence electrons. The van der Waals surface area contributed by atoms with Crippen molar-refractivity contribution < 1.29 is 36.2 Å². The summed E-state index contributed by atoms with van der Waals surface area (Å²) >= 11 is 0. The zero-order chi connectivity index (χ0) is 30.8. The average molecular weight is 604 g/mol. The van der Waals surface area contributed by atoms with Gasteiger partial charge in [0, 0.05) is 24.4 Å². The van der Waals surface area contributed by atoms with E-state index in [4.69, 9.17) is 9.47 Å². The van der Waals surface area contributed by atoms with Gasteiger partial charge in [0.2, 0.25) is 21.7 Å². The first-order valence-electron chi connectivity index (χ1n) is 12.7. The molecular formula is C29H28F3N3O6S. The van der Waals surface area contributed by atoms with E-state index < -0.39 is 49.8 Å². The highest BCUT2D eigenvalue weighted by molar-refractivity contribution is 7.91. The molecule has 0 saturated carbocycles. The lowest BCUT2D eigenvalue weighted by Gasteiger charge is -2.26. The summed E-state index contributed by atoms with van der Waals surface area (Å²) in [6.45, 7) is 4.40. The van der Waals surface area contributed by atoms with Gasteiger partial charge in [0.05, 0.1) is 23.6 Å². The number of methoxy groups -OCH3 is 1. The van der Waals surface area contributed by atoms with Crippen LogP contribution >= 0.6 is 0 Å². The maximum absolute atomic E-state index is 14.2. The molecule has 0 aliphatic rings. The molecule has 0 unspecified atom stereocenters. The van der Waals surface area contributed by atoms with Gasteiger partial charge >= 0.3 is 0 Å². The zero-order valence-corrected chi connectivity index (χ0v) is 24.0. The van der Waals surface area contributed by atoms with Crippen molar-refractivity contribution in [2.24, 2.45) is 0 Å². The van der Waals surface area contributed by atoms with E-state index in [1.54, 1.807) is 20.8 Å². The van der Waals surface area contributed by atoms with Gasteiger partial charge in [-0.15, -0.1) is 0 Å². The number of nitrogens with zero attached hydrogens (tertiary/aromatic N) is 3. The largest absolute Gasteiger partial charge is 0.493 e. The number of pyridine rings is 1. The topological polar surface area (TPSA) is 121 Å². The minimum atomic E-state index is -4.68. The van der Waals surface area contributed by atoms with Crippen molar-refractivity contribution in [1.29, 1.82) is 0 Å². The van der Waals surface area contributed by atoms with Crippen molar-refractivity contribution in [2.45, 2.75) is 49.3 Å². The molecule has 4 rings (SSSR count). The number of rotatable bonds is 10. The number of hydrogen-bond donors (Lipinski definition) is 1. The highest BCUT2D eigenvalue weighted by atomic mass is 32.2. The molecule has 2 aromatic carbocycles. The Kier molecular flexibility index (Phi) is 9.14. The van der Waals surface area contributed by atoms with E-state index in [9.17, 15) is 31.5 Å². The first kappa shape index (κ1) is 30.9. The third-order valence-electron chi connectivity index (χ3n) is 6.38. The molecule has 0 amide bonds. The van der Waals surface area contributed by atoms with E-state index in [2.05, 4.69) is 9.97 Å². The Morgan fingerprint density at radius 3 is 2.19 bits per heavy atom. The molecule has 4 aromatic rings. The number of halogens is 3. The Hall–Kier alpha value is -4.07. The molecule has 1 atom stereocenters. The van der Waals surface area contributed by atoms with Crippen LogP contribution in [-0.2, 0) is 25.9 Å². The molecule has 0 fully saturated rings. The molecule has 0 aliphatic carbocycles. The molecule has 0 radical (unpaired) electrons. The zero-order valence-electron chi connectivity index (χ0n) is 23.1. The summed E-state index contributed by atoms with van der Waals surface area (Å²) in [5.41, 5.74) is 0.208. The predicted octanol–water partition coefficient (Wildman–Crippen LogP) is 4.73. The lowest BCUT2D eigenvalue weighted by atomic mass is 10.1. The minimum absolute atomic E-state index is 0.0168. The van der Waals surface area contributed by atoms with Gasteiger partial charge < -0.3 is 14.6 Å². The summed E-state index contributed by atoms with van der Waals surface area (Å²) in [6.07, 6.45) is -0.341. The molecule has 2 heterocycles. The van der Waals surface area contributed by atoms with E-state index in [-0.39, 0.29) is 35.6 Å². The van der Waals surface area contributed by atoms with Gasteiger partial charge in [-0.2, -0.15) is 9.37 Å². The Morgan fingerprint density at radius 1 is 0.976 bits per heavy atom. The number of sulfone groups is 1. The second-order valence-corrected chi connectivity index (χ2v) is 11.6. The van der Waals surface area contributed by atoms with Crippen LogP contribution in [0, 0.1) is 24.5 Å². The first-order valence-corrected chi connectivity index (χ1v) is 14.2. The molecule has 42 heavy (non-hydrogen) atoms. The van der Waals surface area contributed by atoms with Gasteiger partial charge in [-0.3, -0.25) is 9.36 Å². The summed E-state index contributed by atoms with van der Waals surface area (Å²) in [4.78, 5) is 19.4. The summed E-state index contributed by atoms with van der Waals surface area (Å²) < 4.78 is 81.1. The van der Waals surface area contributed by atoms with Gasteiger partial charge in [-0.05, 0) is 68.3 Å². The maximum atomic E-state index is 14.2. The van der Waals surface area contributed by atoms with Crippen molar-refractivity contribution in [3.05, 3.63) is 99.6 Å². The molecule has 9 nitrogen and oxygen atoms in total. The fraction of sp³-hybridized carbons (Fsp3) is 0.276. The van der Waals surface area contributed by atoms with Crippen LogP contribution in [0.2, 0.25) is 0 Å². The number of benzene rings is 2. The number of ether oxygens (including phenoxy) is 2. The van der Waals surface area contributed by atoms with Crippen molar-refractivity contribution in [3.63, 3.8) is 0 Å². The Labute approximate surface area is 240 Å². The van der Waals surface area contributed by atoms with Gasteiger partial charge in [-0.25, -0.2) is 22.2 Å². The van der Waals surface area contributed by atoms with Gasteiger partial charge in [0.15, 0.2) is 4.90 Å². The monoisotopic (exact) mass is 603 g/mol. The lowest BCUT2D eigenvalue weighted by Crippen LogP contribution is -2.30. The normalized spacial score (nSPS) is 12.6. The van der Waals surface area contributed by atoms with Crippen LogP contribution in [0.4, 0.5) is 13.2 Å². The summed E-state index contributed by atoms with van der Waals surface area (Å²) in [5.74, 6) is -3.69. The van der Waals surface area contributed by atoms with Crippen molar-refractivity contribution in [2.75, 3.05) is 13.7 Å². The number of hydrogen-bond acceptors (Lipinski definition) is 8. The second-order valence-electron chi connectivity index (χ2n) is 9.68. The average Bonchev–Trinajstić information content (AvgIpc) is 2.90. The molecule has 0 bridgehead atoms. The Balaban J connectivity index is 1.90. The molecule has 0 saturated heterocycles. The predicted molar refractivity (Wildman–Crippen MR) is 146 cm³/mol. The van der Waals surface area contributed by atoms with Crippen LogP contribution in [0.3, 0.4) is 0 Å². The Morgan fingerprint density at radius 2 is 1.62 bits per heavy atom. The van der Waals surface area contributed by atoms with Crippen LogP contribution in [0.1, 0.15) is 37.0 Å². The standard InChI is InChI=1S/C29H28F3N3O6S/c1-16(2)41-15-26-34-28(36)27(29(37)35(26)24(14-40-4)19-11-20(30)13-21(31)12-19)42(38,39)22-7-5-18(6-8-22)23-9-10-25(32)33-17(23)3/h5-13,16,24,37H,14-15H2,1-4H3/t24-/m0/s1. The van der Waals surface area contributed by atoms with E-state index in [1.165, 1.54) is 43.5 Å². The van der Waals surface area contributed by atoms with E-state index >= 15 is 0 Å². The van der Waals surface area contributed by atoms with E-state index in [1.807, 2.05) is 0 Å². The molecule has 0 aliphatic heterocycles. The van der Waals surface area contributed by atoms with Crippen LogP contribution in [0.5, 0.6) is 5.88 Å². The quantitative estimate of drug-likeness (QED) is 0.259. The highest BCUT2D eigenvalue weighted by Crippen LogP contribution is 2.33. The van der Waals surface area contributed by atoms with E-state index in [0.717, 1.165) is 16.7 Å². The fourth-order valence-corrected chi connectivity index (χ4v) is 5.81. The first-order chi connectivity index (χ1) is 19.8. The van der Waals surface area contributed by atoms with Gasteiger partial charge in [0.1, 0.15) is 24.1 Å². The maximum Gasteiger partial charge on any atom is 0.296 e. The third kappa shape index (κ3) is 6.37. The number of aromatic hydroxyl groups is 1. The van der Waals surface area contributed by atoms with Crippen molar-refractivity contribution in [1.82, 2.24) is 14.5 Å². The number of aryl methyl sites for hydroxylation is 1. The second kappa shape index (κ2) is 12.4. The molecule has 13 heteroatoms. The third-order valence-corrected chi connectivity index (χ3v) is 8.17. The smallest absolute Gasteiger partial charge is 0.296 e. The molecule has 1 N–H and O–H groups in total. The summed E-state index contributed by atoms with van der Waals surface area (Å²) in [7, 11) is -3.38. The fourth-order valence-electron chi connectivity index (χ4n) is 4.47. The van der Waals surface area contributed by atoms with Crippen LogP contribution in [0.25, 0.3) is 11.1 Å². The van der Waals surface area contributed by atoms with Gasteiger partial charge in [-0.1, -0.05) is 12.1 Å². The van der Waals surface area contributed by atoms with Gasteiger partial charge in [0.25, 0.3) is 5.56 Å². The summed E-state index contributed by atoms with van der Waals surface area (Å²) in [6, 6.07) is 9.46. The highest BCUT2D eigenvalue weighted by Gasteiger charge is 2.33. The van der Waals surface area contributed by atoms with Crippen LogP contribution < -0.4 is 5.56 Å². The van der Waals surface area contributed by atoms with Crippen molar-refractivity contribution >= 4 is 9.84 Å².